The predicted octanol–water partition coefficient (Wildman–Crippen LogP) is 5.85. The van der Waals surface area contributed by atoms with Crippen molar-refractivity contribution < 1.29 is 0 Å². The van der Waals surface area contributed by atoms with E-state index in [9.17, 15) is 0 Å². The summed E-state index contributed by atoms with van der Waals surface area (Å²) in [6, 6.07) is 24.1. The topological polar surface area (TPSA) is 0 Å². The van der Waals surface area contributed by atoms with Crippen molar-refractivity contribution in [2.45, 2.75) is 26.2 Å². The number of benzene rings is 3. The molecule has 0 aromatic heterocycles. The minimum atomic E-state index is 1.16. The molecule has 3 aromatic rings. The van der Waals surface area contributed by atoms with E-state index >= 15 is 0 Å². The highest BCUT2D eigenvalue weighted by molar-refractivity contribution is 5.97. The van der Waals surface area contributed by atoms with Crippen LogP contribution in [-0.2, 0) is 6.42 Å². The monoisotopic (exact) mass is 260 g/mol. The Balaban J connectivity index is 2.16. The summed E-state index contributed by atoms with van der Waals surface area (Å²) in [5.74, 6) is 0. The Morgan fingerprint density at radius 2 is 1.40 bits per heavy atom. The van der Waals surface area contributed by atoms with Gasteiger partial charge in [-0.3, -0.25) is 0 Å². The summed E-state index contributed by atoms with van der Waals surface area (Å²) in [5.41, 5.74) is 4.21. The molecule has 0 radical (unpaired) electrons. The van der Waals surface area contributed by atoms with E-state index in [1.54, 1.807) is 0 Å². The van der Waals surface area contributed by atoms with Crippen LogP contribution in [0.3, 0.4) is 0 Å². The van der Waals surface area contributed by atoms with Gasteiger partial charge in [0.05, 0.1) is 0 Å². The van der Waals surface area contributed by atoms with E-state index in [1.165, 1.54) is 40.3 Å². The van der Waals surface area contributed by atoms with Gasteiger partial charge in [-0.15, -0.1) is 0 Å². The van der Waals surface area contributed by atoms with Crippen molar-refractivity contribution >= 4 is 10.8 Å². The first kappa shape index (κ1) is 12.9. The molecule has 0 aliphatic rings. The normalized spacial score (nSPS) is 10.8. The van der Waals surface area contributed by atoms with Crippen LogP contribution in [0.5, 0.6) is 0 Å². The minimum absolute atomic E-state index is 1.16. The number of aryl methyl sites for hydroxylation is 1. The van der Waals surface area contributed by atoms with Gasteiger partial charge in [0, 0.05) is 0 Å². The quantitative estimate of drug-likeness (QED) is 0.552. The molecular weight excluding hydrogens is 240 g/mol. The third-order valence-corrected chi connectivity index (χ3v) is 3.90. The third kappa shape index (κ3) is 2.46. The predicted molar refractivity (Wildman–Crippen MR) is 88.0 cm³/mol. The van der Waals surface area contributed by atoms with Gasteiger partial charge in [-0.1, -0.05) is 80.1 Å². The van der Waals surface area contributed by atoms with Crippen LogP contribution in [0.15, 0.2) is 66.7 Å². The Morgan fingerprint density at radius 1 is 0.700 bits per heavy atom. The highest BCUT2D eigenvalue weighted by Gasteiger charge is 2.07. The second-order valence-corrected chi connectivity index (χ2v) is 5.29. The number of hydrogen-bond acceptors (Lipinski definition) is 0. The summed E-state index contributed by atoms with van der Waals surface area (Å²) >= 11 is 0. The molecule has 0 heterocycles. The van der Waals surface area contributed by atoms with Crippen molar-refractivity contribution in [2.24, 2.45) is 0 Å². The van der Waals surface area contributed by atoms with Crippen LogP contribution < -0.4 is 0 Å². The fourth-order valence-corrected chi connectivity index (χ4v) is 2.83. The molecule has 0 aliphatic carbocycles. The van der Waals surface area contributed by atoms with Crippen molar-refractivity contribution in [3.05, 3.63) is 72.3 Å². The molecule has 0 nitrogen and oxygen atoms in total. The van der Waals surface area contributed by atoms with E-state index in [0.29, 0.717) is 0 Å². The fraction of sp³-hybridized carbons (Fsp3) is 0.200. The lowest BCUT2D eigenvalue weighted by Gasteiger charge is -2.12. The van der Waals surface area contributed by atoms with Crippen molar-refractivity contribution in [3.63, 3.8) is 0 Å². The van der Waals surface area contributed by atoms with Crippen molar-refractivity contribution in [1.82, 2.24) is 0 Å². The van der Waals surface area contributed by atoms with Gasteiger partial charge in [-0.05, 0) is 40.3 Å². The standard InChI is InChI=1S/C20H20/c1-2-3-9-16-10-4-6-13-18(16)20-15-8-12-17-11-5-7-14-19(17)20/h4-8,10-15H,2-3,9H2,1H3. The Hall–Kier alpha value is -2.08. The molecule has 0 aliphatic heterocycles. The first-order chi connectivity index (χ1) is 9.90. The SMILES string of the molecule is CCCCc1ccccc1-c1cccc2ccccc12. The van der Waals surface area contributed by atoms with Gasteiger partial charge < -0.3 is 0 Å². The van der Waals surface area contributed by atoms with Crippen LogP contribution in [0.25, 0.3) is 21.9 Å². The van der Waals surface area contributed by atoms with E-state index in [1.807, 2.05) is 0 Å². The average molecular weight is 260 g/mol. The van der Waals surface area contributed by atoms with Gasteiger partial charge >= 0.3 is 0 Å². The lowest BCUT2D eigenvalue weighted by atomic mass is 9.92. The molecule has 0 atom stereocenters. The molecule has 0 heteroatoms. The largest absolute Gasteiger partial charge is 0.0654 e. The molecule has 0 N–H and O–H groups in total. The highest BCUT2D eigenvalue weighted by Crippen LogP contribution is 2.31. The summed E-state index contributed by atoms with van der Waals surface area (Å²) in [6.45, 7) is 2.25. The molecule has 0 saturated heterocycles. The van der Waals surface area contributed by atoms with E-state index < -0.39 is 0 Å². The Bertz CT molecular complexity index is 705. The van der Waals surface area contributed by atoms with Crippen molar-refractivity contribution in [1.29, 1.82) is 0 Å². The fourth-order valence-electron chi connectivity index (χ4n) is 2.83. The highest BCUT2D eigenvalue weighted by atomic mass is 14.1. The number of rotatable bonds is 4. The first-order valence-electron chi connectivity index (χ1n) is 7.46. The zero-order valence-electron chi connectivity index (χ0n) is 12.0. The van der Waals surface area contributed by atoms with Gasteiger partial charge in [0.1, 0.15) is 0 Å². The van der Waals surface area contributed by atoms with Crippen molar-refractivity contribution in [2.75, 3.05) is 0 Å². The lowest BCUT2D eigenvalue weighted by Crippen LogP contribution is -1.90. The van der Waals surface area contributed by atoms with Crippen LogP contribution in [0.2, 0.25) is 0 Å². The molecule has 3 aromatic carbocycles. The summed E-state index contributed by atoms with van der Waals surface area (Å²) < 4.78 is 0. The number of hydrogen-bond donors (Lipinski definition) is 0. The van der Waals surface area contributed by atoms with E-state index in [4.69, 9.17) is 0 Å². The van der Waals surface area contributed by atoms with Crippen molar-refractivity contribution in [3.8, 4) is 11.1 Å². The Morgan fingerprint density at radius 3 is 2.30 bits per heavy atom. The van der Waals surface area contributed by atoms with Crippen LogP contribution >= 0.6 is 0 Å². The third-order valence-electron chi connectivity index (χ3n) is 3.90. The molecule has 0 fully saturated rings. The Kier molecular flexibility index (Phi) is 3.83. The second kappa shape index (κ2) is 5.92. The summed E-state index contributed by atoms with van der Waals surface area (Å²) in [6.07, 6.45) is 3.65. The average Bonchev–Trinajstić information content (AvgIpc) is 2.53. The minimum Gasteiger partial charge on any atom is -0.0654 e. The summed E-state index contributed by atoms with van der Waals surface area (Å²) in [5, 5.41) is 2.66. The number of unbranched alkanes of at least 4 members (excludes halogenated alkanes) is 1. The van der Waals surface area contributed by atoms with Crippen LogP contribution in [0.4, 0.5) is 0 Å². The zero-order chi connectivity index (χ0) is 13.8. The molecule has 100 valence electrons. The van der Waals surface area contributed by atoms with Crippen LogP contribution in [0, 0.1) is 0 Å². The molecule has 3 rings (SSSR count). The molecule has 20 heavy (non-hydrogen) atoms. The molecular formula is C20H20. The van der Waals surface area contributed by atoms with Gasteiger partial charge in [0.25, 0.3) is 0 Å². The van der Waals surface area contributed by atoms with Crippen LogP contribution in [0.1, 0.15) is 25.3 Å². The second-order valence-electron chi connectivity index (χ2n) is 5.29. The first-order valence-corrected chi connectivity index (χ1v) is 7.46. The van der Waals surface area contributed by atoms with Gasteiger partial charge in [0.2, 0.25) is 0 Å². The molecule has 0 bridgehead atoms. The lowest BCUT2D eigenvalue weighted by molar-refractivity contribution is 0.796. The zero-order valence-corrected chi connectivity index (χ0v) is 12.0. The molecule has 0 saturated carbocycles. The van der Waals surface area contributed by atoms with Gasteiger partial charge in [-0.25, -0.2) is 0 Å². The number of fused-ring (bicyclic) bond motifs is 1. The maximum atomic E-state index is 2.27. The van der Waals surface area contributed by atoms with Gasteiger partial charge in [-0.2, -0.15) is 0 Å². The van der Waals surface area contributed by atoms with E-state index in [0.717, 1.165) is 6.42 Å². The van der Waals surface area contributed by atoms with Gasteiger partial charge in [0.15, 0.2) is 0 Å². The maximum Gasteiger partial charge on any atom is -0.0103 e. The summed E-state index contributed by atoms with van der Waals surface area (Å²) in [4.78, 5) is 0. The van der Waals surface area contributed by atoms with E-state index in [-0.39, 0.29) is 0 Å². The van der Waals surface area contributed by atoms with Crippen LogP contribution in [-0.4, -0.2) is 0 Å². The molecule has 0 amide bonds. The van der Waals surface area contributed by atoms with E-state index in [2.05, 4.69) is 73.7 Å². The maximum absolute atomic E-state index is 2.27. The summed E-state index contributed by atoms with van der Waals surface area (Å²) in [7, 11) is 0. The molecule has 0 spiro atoms. The molecule has 0 unspecified atom stereocenters. The smallest absolute Gasteiger partial charge is 0.0103 e. The Labute approximate surface area is 121 Å².